The van der Waals surface area contributed by atoms with Crippen molar-refractivity contribution in [3.8, 4) is 22.6 Å². The van der Waals surface area contributed by atoms with Crippen LogP contribution in [-0.2, 0) is 0 Å². The Hall–Kier alpha value is -4.41. The summed E-state index contributed by atoms with van der Waals surface area (Å²) < 4.78 is 46.8. The minimum atomic E-state index is -2.91. The molecular weight excluding hydrogens is 447 g/mol. The molecule has 1 unspecified atom stereocenters. The number of nitrogens with two attached hydrogens (primary N) is 1. The zero-order valence-electron chi connectivity index (χ0n) is 17.8. The Morgan fingerprint density at radius 1 is 1.00 bits per heavy atom. The fourth-order valence-electron chi connectivity index (χ4n) is 3.80. The second-order valence-corrected chi connectivity index (χ2v) is 7.53. The van der Waals surface area contributed by atoms with Gasteiger partial charge in [0.05, 0.1) is 17.6 Å². The Morgan fingerprint density at radius 3 is 2.50 bits per heavy atom. The highest BCUT2D eigenvalue weighted by molar-refractivity contribution is 6.00. The standard InChI is InChI=1S/C23H18F3N7O/c1-13(18-11-33(31-30-18)19-5-3-2-4-17(19)24)32-10-16(20-21(27)28-12-29-22(20)32)14-6-8-15(9-7-14)34-23(25)26/h2-13,23H,1H3,(H2,27,28,29). The van der Waals surface area contributed by atoms with Crippen molar-refractivity contribution in [3.63, 3.8) is 0 Å². The van der Waals surface area contributed by atoms with Crippen molar-refractivity contribution in [1.82, 2.24) is 29.5 Å². The van der Waals surface area contributed by atoms with E-state index < -0.39 is 12.4 Å². The molecule has 0 spiro atoms. The lowest BCUT2D eigenvalue weighted by atomic mass is 10.1. The van der Waals surface area contributed by atoms with Crippen LogP contribution in [0.4, 0.5) is 19.0 Å². The smallest absolute Gasteiger partial charge is 0.387 e. The number of ether oxygens (including phenoxy) is 1. The summed E-state index contributed by atoms with van der Waals surface area (Å²) in [6.07, 6.45) is 4.85. The lowest BCUT2D eigenvalue weighted by Gasteiger charge is -2.11. The van der Waals surface area contributed by atoms with E-state index in [9.17, 15) is 13.2 Å². The first kappa shape index (κ1) is 21.4. The molecule has 0 aliphatic carbocycles. The summed E-state index contributed by atoms with van der Waals surface area (Å²) in [6.45, 7) is -1.01. The molecule has 0 amide bonds. The maximum atomic E-state index is 14.2. The van der Waals surface area contributed by atoms with Gasteiger partial charge in [0.25, 0.3) is 0 Å². The zero-order chi connectivity index (χ0) is 23.8. The molecule has 0 aliphatic rings. The summed E-state index contributed by atoms with van der Waals surface area (Å²) in [5.41, 5.74) is 9.02. The van der Waals surface area contributed by atoms with Gasteiger partial charge in [0.15, 0.2) is 0 Å². The molecule has 0 saturated carbocycles. The van der Waals surface area contributed by atoms with E-state index in [4.69, 9.17) is 5.73 Å². The van der Waals surface area contributed by atoms with Crippen molar-refractivity contribution in [2.45, 2.75) is 19.6 Å². The number of halogens is 3. The first-order valence-corrected chi connectivity index (χ1v) is 10.3. The fourth-order valence-corrected chi connectivity index (χ4v) is 3.80. The molecule has 1 atom stereocenters. The molecule has 5 aromatic rings. The molecule has 0 bridgehead atoms. The van der Waals surface area contributed by atoms with E-state index in [2.05, 4.69) is 25.0 Å². The van der Waals surface area contributed by atoms with Crippen LogP contribution in [0.5, 0.6) is 5.75 Å². The molecule has 3 heterocycles. The third-order valence-corrected chi connectivity index (χ3v) is 5.48. The number of hydrogen-bond acceptors (Lipinski definition) is 6. The van der Waals surface area contributed by atoms with Crippen molar-refractivity contribution in [1.29, 1.82) is 0 Å². The molecular formula is C23H18F3N7O. The average molecular weight is 465 g/mol. The highest BCUT2D eigenvalue weighted by Gasteiger charge is 2.21. The van der Waals surface area contributed by atoms with Crippen molar-refractivity contribution in [2.75, 3.05) is 5.73 Å². The first-order chi connectivity index (χ1) is 16.4. The largest absolute Gasteiger partial charge is 0.435 e. The maximum absolute atomic E-state index is 14.2. The number of alkyl halides is 2. The van der Waals surface area contributed by atoms with Gasteiger partial charge in [-0.25, -0.2) is 19.0 Å². The van der Waals surface area contributed by atoms with E-state index in [1.54, 1.807) is 36.5 Å². The third-order valence-electron chi connectivity index (χ3n) is 5.48. The summed E-state index contributed by atoms with van der Waals surface area (Å²) in [4.78, 5) is 8.51. The van der Waals surface area contributed by atoms with Gasteiger partial charge < -0.3 is 15.0 Å². The number of aromatic nitrogens is 6. The third kappa shape index (κ3) is 3.81. The predicted molar refractivity (Wildman–Crippen MR) is 119 cm³/mol. The van der Waals surface area contributed by atoms with Gasteiger partial charge in [-0.05, 0) is 36.8 Å². The summed E-state index contributed by atoms with van der Waals surface area (Å²) in [5, 5.41) is 8.90. The van der Waals surface area contributed by atoms with Gasteiger partial charge in [-0.15, -0.1) is 5.10 Å². The van der Waals surface area contributed by atoms with Crippen LogP contribution in [0.1, 0.15) is 18.7 Å². The van der Waals surface area contributed by atoms with Crippen LogP contribution in [0.25, 0.3) is 27.8 Å². The van der Waals surface area contributed by atoms with Gasteiger partial charge in [0, 0.05) is 11.8 Å². The number of fused-ring (bicyclic) bond motifs is 1. The molecule has 0 fully saturated rings. The van der Waals surface area contributed by atoms with Crippen molar-refractivity contribution in [2.24, 2.45) is 0 Å². The predicted octanol–water partition coefficient (Wildman–Crippen LogP) is 4.61. The highest BCUT2D eigenvalue weighted by Crippen LogP contribution is 2.36. The van der Waals surface area contributed by atoms with Crippen molar-refractivity contribution in [3.05, 3.63) is 78.8 Å². The molecule has 5 rings (SSSR count). The molecule has 3 aromatic heterocycles. The number of benzene rings is 2. The Bertz CT molecular complexity index is 1460. The Balaban J connectivity index is 1.56. The Morgan fingerprint density at radius 2 is 1.76 bits per heavy atom. The van der Waals surface area contributed by atoms with Crippen LogP contribution >= 0.6 is 0 Å². The van der Waals surface area contributed by atoms with Crippen LogP contribution in [-0.4, -0.2) is 36.1 Å². The maximum Gasteiger partial charge on any atom is 0.387 e. The van der Waals surface area contributed by atoms with Gasteiger partial charge in [0.1, 0.15) is 40.7 Å². The number of para-hydroxylation sites is 1. The molecule has 8 nitrogen and oxygen atoms in total. The normalized spacial score (nSPS) is 12.4. The van der Waals surface area contributed by atoms with Crippen LogP contribution in [0.2, 0.25) is 0 Å². The van der Waals surface area contributed by atoms with Crippen molar-refractivity contribution < 1.29 is 17.9 Å². The van der Waals surface area contributed by atoms with Crippen LogP contribution < -0.4 is 10.5 Å². The summed E-state index contributed by atoms with van der Waals surface area (Å²) in [6, 6.07) is 12.1. The van der Waals surface area contributed by atoms with Gasteiger partial charge in [-0.2, -0.15) is 8.78 Å². The van der Waals surface area contributed by atoms with Crippen LogP contribution in [0.15, 0.2) is 67.3 Å². The minimum Gasteiger partial charge on any atom is -0.435 e. The molecule has 2 aromatic carbocycles. The van der Waals surface area contributed by atoms with Crippen LogP contribution in [0.3, 0.4) is 0 Å². The molecule has 0 aliphatic heterocycles. The zero-order valence-corrected chi connectivity index (χ0v) is 17.8. The van der Waals surface area contributed by atoms with Gasteiger partial charge in [-0.1, -0.05) is 29.5 Å². The minimum absolute atomic E-state index is 0.0461. The van der Waals surface area contributed by atoms with Gasteiger partial charge in [-0.3, -0.25) is 0 Å². The van der Waals surface area contributed by atoms with E-state index in [1.165, 1.54) is 29.2 Å². The molecule has 34 heavy (non-hydrogen) atoms. The average Bonchev–Trinajstić information content (AvgIpc) is 3.45. The number of nitrogens with zero attached hydrogens (tertiary/aromatic N) is 6. The van der Waals surface area contributed by atoms with E-state index in [1.807, 2.05) is 17.7 Å². The van der Waals surface area contributed by atoms with E-state index >= 15 is 0 Å². The SMILES string of the molecule is CC(c1cn(-c2ccccc2F)nn1)n1cc(-c2ccc(OC(F)F)cc2)c2c(N)ncnc21. The van der Waals surface area contributed by atoms with Crippen LogP contribution in [0, 0.1) is 5.82 Å². The number of nitrogen functional groups attached to an aromatic ring is 1. The first-order valence-electron chi connectivity index (χ1n) is 10.3. The molecule has 0 radical (unpaired) electrons. The van der Waals surface area contributed by atoms with E-state index in [0.717, 1.165) is 0 Å². The second kappa shape index (κ2) is 8.50. The second-order valence-electron chi connectivity index (χ2n) is 7.53. The highest BCUT2D eigenvalue weighted by atomic mass is 19.3. The lowest BCUT2D eigenvalue weighted by molar-refractivity contribution is -0.0498. The van der Waals surface area contributed by atoms with Crippen molar-refractivity contribution >= 4 is 16.9 Å². The topological polar surface area (TPSA) is 96.7 Å². The molecule has 2 N–H and O–H groups in total. The number of hydrogen-bond donors (Lipinski definition) is 1. The number of anilines is 1. The molecule has 11 heteroatoms. The lowest BCUT2D eigenvalue weighted by Crippen LogP contribution is -2.07. The molecule has 0 saturated heterocycles. The van der Waals surface area contributed by atoms with Gasteiger partial charge >= 0.3 is 6.61 Å². The quantitative estimate of drug-likeness (QED) is 0.393. The summed E-state index contributed by atoms with van der Waals surface area (Å²) in [5.74, 6) is -0.0983. The Labute approximate surface area is 191 Å². The molecule has 172 valence electrons. The Kier molecular flexibility index (Phi) is 5.36. The summed E-state index contributed by atoms with van der Waals surface area (Å²) >= 11 is 0. The van der Waals surface area contributed by atoms with E-state index in [0.29, 0.717) is 27.9 Å². The fraction of sp³-hybridized carbons (Fsp3) is 0.130. The summed E-state index contributed by atoms with van der Waals surface area (Å²) in [7, 11) is 0. The van der Waals surface area contributed by atoms with E-state index in [-0.39, 0.29) is 23.3 Å². The monoisotopic (exact) mass is 465 g/mol. The number of rotatable bonds is 6. The van der Waals surface area contributed by atoms with Gasteiger partial charge in [0.2, 0.25) is 0 Å².